The van der Waals surface area contributed by atoms with Crippen LogP contribution in [0.15, 0.2) is 46.9 Å². The molecule has 0 bridgehead atoms. The summed E-state index contributed by atoms with van der Waals surface area (Å²) < 4.78 is 19.8. The van der Waals surface area contributed by atoms with Crippen molar-refractivity contribution in [1.29, 1.82) is 0 Å². The maximum atomic E-state index is 14.4. The van der Waals surface area contributed by atoms with E-state index in [1.54, 1.807) is 41.4 Å². The van der Waals surface area contributed by atoms with Gasteiger partial charge in [-0.2, -0.15) is 5.10 Å². The summed E-state index contributed by atoms with van der Waals surface area (Å²) >= 11 is 1.54. The van der Waals surface area contributed by atoms with Crippen LogP contribution in [0.25, 0.3) is 0 Å². The predicted octanol–water partition coefficient (Wildman–Crippen LogP) is 3.14. The van der Waals surface area contributed by atoms with Gasteiger partial charge in [0, 0.05) is 49.5 Å². The molecule has 7 nitrogen and oxygen atoms in total. The number of nitrogens with zero attached hydrogens (tertiary/aromatic N) is 4. The molecule has 1 saturated heterocycles. The number of carbonyl (C=O) groups is 2. The molecule has 0 radical (unpaired) electrons. The summed E-state index contributed by atoms with van der Waals surface area (Å²) in [4.78, 5) is 30.8. The van der Waals surface area contributed by atoms with Crippen LogP contribution in [0.4, 0.5) is 4.39 Å². The van der Waals surface area contributed by atoms with Crippen LogP contribution >= 0.6 is 11.3 Å². The minimum atomic E-state index is -0.358. The summed E-state index contributed by atoms with van der Waals surface area (Å²) in [6.07, 6.45) is 0.761. The third-order valence-corrected chi connectivity index (χ3v) is 6.97. The summed E-state index contributed by atoms with van der Waals surface area (Å²) in [7, 11) is 0. The second-order valence-corrected chi connectivity index (χ2v) is 9.10. The van der Waals surface area contributed by atoms with Crippen molar-refractivity contribution in [3.8, 4) is 0 Å². The molecule has 0 aliphatic carbocycles. The minimum absolute atomic E-state index is 0.0487. The molecule has 1 aromatic heterocycles. The Labute approximate surface area is 197 Å². The second kappa shape index (κ2) is 11.0. The third-order valence-electron chi connectivity index (χ3n) is 5.99. The highest BCUT2D eigenvalue weighted by Crippen LogP contribution is 2.35. The molecule has 2 amide bonds. The summed E-state index contributed by atoms with van der Waals surface area (Å²) in [5, 5.41) is 7.94. The van der Waals surface area contributed by atoms with Crippen LogP contribution < -0.4 is 0 Å². The van der Waals surface area contributed by atoms with Gasteiger partial charge >= 0.3 is 0 Å². The third kappa shape index (κ3) is 5.66. The van der Waals surface area contributed by atoms with E-state index in [0.29, 0.717) is 50.4 Å². The lowest BCUT2D eigenvalue weighted by atomic mass is 10.0. The zero-order chi connectivity index (χ0) is 23.2. The van der Waals surface area contributed by atoms with Crippen molar-refractivity contribution in [2.24, 2.45) is 5.10 Å². The first-order chi connectivity index (χ1) is 16.1. The van der Waals surface area contributed by atoms with Crippen LogP contribution in [-0.2, 0) is 14.3 Å². The monoisotopic (exact) mass is 472 g/mol. The summed E-state index contributed by atoms with van der Waals surface area (Å²) in [6.45, 7) is 5.94. The average Bonchev–Trinajstić information content (AvgIpc) is 3.52. The molecule has 3 heterocycles. The van der Waals surface area contributed by atoms with Gasteiger partial charge in [-0.25, -0.2) is 9.40 Å². The van der Waals surface area contributed by atoms with Crippen LogP contribution in [0, 0.1) is 5.82 Å². The van der Waals surface area contributed by atoms with Gasteiger partial charge in [-0.3, -0.25) is 14.5 Å². The molecule has 2 aliphatic heterocycles. The number of hydrazone groups is 1. The van der Waals surface area contributed by atoms with Crippen LogP contribution in [0.1, 0.15) is 36.2 Å². The molecule has 0 N–H and O–H groups in total. The van der Waals surface area contributed by atoms with E-state index in [-0.39, 0.29) is 30.2 Å². The molecule has 9 heteroatoms. The Morgan fingerprint density at radius 3 is 2.70 bits per heavy atom. The normalized spacial score (nSPS) is 18.9. The second-order valence-electron chi connectivity index (χ2n) is 8.12. The number of morpholine rings is 1. The Hall–Kier alpha value is -2.62. The Morgan fingerprint density at radius 2 is 2.00 bits per heavy atom. The topological polar surface area (TPSA) is 65.5 Å². The van der Waals surface area contributed by atoms with Gasteiger partial charge in [-0.15, -0.1) is 11.3 Å². The van der Waals surface area contributed by atoms with Crippen molar-refractivity contribution < 1.29 is 18.7 Å². The molecule has 4 rings (SSSR count). The fourth-order valence-corrected chi connectivity index (χ4v) is 4.95. The SMILES string of the molecule is CCC(=O)N(CCN1CCOCC1)CC(=O)N1N=C(c2ccccc2F)C[C@H]1c1cccs1. The smallest absolute Gasteiger partial charge is 0.262 e. The number of halogens is 1. The Balaban J connectivity index is 1.51. The highest BCUT2D eigenvalue weighted by molar-refractivity contribution is 7.10. The number of thiophene rings is 1. The van der Waals surface area contributed by atoms with Crippen LogP contribution in [-0.4, -0.2) is 78.3 Å². The molecular formula is C24H29FN4O3S. The van der Waals surface area contributed by atoms with Crippen LogP contribution in [0.5, 0.6) is 0 Å². The molecule has 2 aromatic rings. The van der Waals surface area contributed by atoms with Gasteiger partial charge in [0.1, 0.15) is 12.4 Å². The molecule has 1 atom stereocenters. The van der Waals surface area contributed by atoms with E-state index in [1.165, 1.54) is 11.1 Å². The highest BCUT2D eigenvalue weighted by Gasteiger charge is 2.35. The van der Waals surface area contributed by atoms with Crippen LogP contribution in [0.3, 0.4) is 0 Å². The van der Waals surface area contributed by atoms with Crippen molar-refractivity contribution in [3.63, 3.8) is 0 Å². The number of carbonyl (C=O) groups excluding carboxylic acids is 2. The zero-order valence-electron chi connectivity index (χ0n) is 18.8. The zero-order valence-corrected chi connectivity index (χ0v) is 19.6. The van der Waals surface area contributed by atoms with E-state index < -0.39 is 0 Å². The number of ether oxygens (including phenoxy) is 1. The fourth-order valence-electron chi connectivity index (χ4n) is 4.14. The molecular weight excluding hydrogens is 443 g/mol. The van der Waals surface area contributed by atoms with E-state index in [1.807, 2.05) is 17.5 Å². The number of rotatable bonds is 8. The van der Waals surface area contributed by atoms with Crippen molar-refractivity contribution in [1.82, 2.24) is 14.8 Å². The molecule has 0 unspecified atom stereocenters. The van der Waals surface area contributed by atoms with Gasteiger partial charge in [0.25, 0.3) is 5.91 Å². The van der Waals surface area contributed by atoms with Gasteiger partial charge in [-0.1, -0.05) is 31.2 Å². The Kier molecular flexibility index (Phi) is 7.85. The maximum Gasteiger partial charge on any atom is 0.262 e. The van der Waals surface area contributed by atoms with Crippen molar-refractivity contribution in [2.45, 2.75) is 25.8 Å². The van der Waals surface area contributed by atoms with Gasteiger partial charge in [0.05, 0.1) is 25.0 Å². The van der Waals surface area contributed by atoms with Gasteiger partial charge in [0.15, 0.2) is 0 Å². The molecule has 0 spiro atoms. The average molecular weight is 473 g/mol. The minimum Gasteiger partial charge on any atom is -0.379 e. The quantitative estimate of drug-likeness (QED) is 0.592. The number of benzene rings is 1. The Morgan fingerprint density at radius 1 is 1.21 bits per heavy atom. The predicted molar refractivity (Wildman–Crippen MR) is 126 cm³/mol. The molecule has 0 saturated carbocycles. The van der Waals surface area contributed by atoms with E-state index in [4.69, 9.17) is 4.74 Å². The van der Waals surface area contributed by atoms with Gasteiger partial charge in [-0.05, 0) is 17.5 Å². The lowest BCUT2D eigenvalue weighted by Gasteiger charge is -2.30. The molecule has 2 aliphatic rings. The fraction of sp³-hybridized carbons (Fsp3) is 0.458. The van der Waals surface area contributed by atoms with Crippen LogP contribution in [0.2, 0.25) is 0 Å². The number of hydrogen-bond donors (Lipinski definition) is 0. The molecule has 1 fully saturated rings. The summed E-state index contributed by atoms with van der Waals surface area (Å²) in [5.74, 6) is -0.686. The number of hydrogen-bond acceptors (Lipinski definition) is 6. The number of amides is 2. The maximum absolute atomic E-state index is 14.4. The largest absolute Gasteiger partial charge is 0.379 e. The van der Waals surface area contributed by atoms with Crippen molar-refractivity contribution in [3.05, 3.63) is 58.0 Å². The summed E-state index contributed by atoms with van der Waals surface area (Å²) in [5.41, 5.74) is 0.949. The van der Waals surface area contributed by atoms with Crippen molar-refractivity contribution >= 4 is 28.9 Å². The lowest BCUT2D eigenvalue weighted by molar-refractivity contribution is -0.141. The highest BCUT2D eigenvalue weighted by atomic mass is 32.1. The lowest BCUT2D eigenvalue weighted by Crippen LogP contribution is -2.46. The van der Waals surface area contributed by atoms with Gasteiger partial charge < -0.3 is 9.64 Å². The van der Waals surface area contributed by atoms with E-state index >= 15 is 0 Å². The van der Waals surface area contributed by atoms with E-state index in [9.17, 15) is 14.0 Å². The Bertz CT molecular complexity index is 991. The van der Waals surface area contributed by atoms with E-state index in [2.05, 4.69) is 10.0 Å². The first kappa shape index (κ1) is 23.5. The van der Waals surface area contributed by atoms with E-state index in [0.717, 1.165) is 18.0 Å². The van der Waals surface area contributed by atoms with Crippen molar-refractivity contribution in [2.75, 3.05) is 45.9 Å². The first-order valence-electron chi connectivity index (χ1n) is 11.3. The molecule has 1 aromatic carbocycles. The van der Waals surface area contributed by atoms with Gasteiger partial charge in [0.2, 0.25) is 5.91 Å². The molecule has 33 heavy (non-hydrogen) atoms. The first-order valence-corrected chi connectivity index (χ1v) is 12.2. The molecule has 176 valence electrons. The summed E-state index contributed by atoms with van der Waals surface area (Å²) in [6, 6.07) is 10.1. The standard InChI is InChI=1S/C24H29FN4O3S/c1-2-23(30)28(10-9-27-11-13-32-14-12-27)17-24(31)29-21(22-8-5-15-33-22)16-20(26-29)18-6-3-4-7-19(18)25/h3-8,15,21H,2,9-14,16-17H2,1H3/t21-/m0/s1.